The van der Waals surface area contributed by atoms with Gasteiger partial charge in [0.05, 0.1) is 6.04 Å². The Morgan fingerprint density at radius 1 is 1.33 bits per heavy atom. The van der Waals surface area contributed by atoms with Crippen LogP contribution < -0.4 is 5.32 Å². The van der Waals surface area contributed by atoms with E-state index in [1.807, 2.05) is 12.1 Å². The number of hydrogen-bond donors (Lipinski definition) is 1. The van der Waals surface area contributed by atoms with Gasteiger partial charge in [0.1, 0.15) is 11.3 Å². The Kier molecular flexibility index (Phi) is 3.20. The Bertz CT molecular complexity index is 557. The molecule has 1 saturated carbocycles. The van der Waals surface area contributed by atoms with Gasteiger partial charge < -0.3 is 9.73 Å². The molecule has 0 bridgehead atoms. The van der Waals surface area contributed by atoms with E-state index in [1.165, 1.54) is 12.8 Å². The van der Waals surface area contributed by atoms with Gasteiger partial charge in [-0.1, -0.05) is 22.9 Å². The van der Waals surface area contributed by atoms with Gasteiger partial charge in [-0.05, 0) is 49.9 Å². The number of rotatable bonds is 3. The Balaban J connectivity index is 1.76. The van der Waals surface area contributed by atoms with Crippen LogP contribution in [0.5, 0.6) is 0 Å². The molecule has 1 atom stereocenters. The van der Waals surface area contributed by atoms with Gasteiger partial charge in [-0.15, -0.1) is 0 Å². The predicted molar refractivity (Wildman–Crippen MR) is 77.7 cm³/mol. The van der Waals surface area contributed by atoms with Gasteiger partial charge in [0, 0.05) is 15.9 Å². The fourth-order valence-electron chi connectivity index (χ4n) is 2.72. The lowest BCUT2D eigenvalue weighted by Gasteiger charge is -2.35. The predicted octanol–water partition coefficient (Wildman–Crippen LogP) is 4.64. The van der Waals surface area contributed by atoms with Crippen LogP contribution in [-0.4, -0.2) is 6.04 Å². The Morgan fingerprint density at radius 3 is 2.83 bits per heavy atom. The summed E-state index contributed by atoms with van der Waals surface area (Å²) in [7, 11) is 0. The van der Waals surface area contributed by atoms with E-state index in [9.17, 15) is 0 Å². The summed E-state index contributed by atoms with van der Waals surface area (Å²) in [5.41, 5.74) is 0.962. The summed E-state index contributed by atoms with van der Waals surface area (Å²) in [4.78, 5) is 0. The van der Waals surface area contributed by atoms with Gasteiger partial charge in [0.2, 0.25) is 0 Å². The standard InChI is InChI=1S/C15H18BrNO/c1-9-5-13(6-9)17-10(2)15-8-11-7-12(16)3-4-14(11)18-15/h3-4,7-10,13,17H,5-6H2,1-2H3. The highest BCUT2D eigenvalue weighted by atomic mass is 79.9. The fourth-order valence-corrected chi connectivity index (χ4v) is 3.10. The molecule has 1 aliphatic rings. The average Bonchev–Trinajstić information content (AvgIpc) is 2.69. The van der Waals surface area contributed by atoms with Crippen molar-refractivity contribution in [3.8, 4) is 0 Å². The minimum Gasteiger partial charge on any atom is -0.459 e. The molecule has 0 aliphatic heterocycles. The van der Waals surface area contributed by atoms with E-state index in [4.69, 9.17) is 4.42 Å². The lowest BCUT2D eigenvalue weighted by Crippen LogP contribution is -2.41. The molecule has 0 saturated heterocycles. The zero-order valence-electron chi connectivity index (χ0n) is 10.7. The molecule has 1 aromatic carbocycles. The van der Waals surface area contributed by atoms with Crippen LogP contribution in [0.15, 0.2) is 33.2 Å². The van der Waals surface area contributed by atoms with Crippen molar-refractivity contribution < 1.29 is 4.42 Å². The molecule has 96 valence electrons. The van der Waals surface area contributed by atoms with Crippen molar-refractivity contribution in [1.29, 1.82) is 0 Å². The average molecular weight is 308 g/mol. The first-order valence-electron chi connectivity index (χ1n) is 6.57. The number of hydrogen-bond acceptors (Lipinski definition) is 2. The fraction of sp³-hybridized carbons (Fsp3) is 0.467. The first kappa shape index (κ1) is 12.2. The molecule has 3 rings (SSSR count). The topological polar surface area (TPSA) is 25.2 Å². The van der Waals surface area contributed by atoms with Gasteiger partial charge in [0.25, 0.3) is 0 Å². The highest BCUT2D eigenvalue weighted by molar-refractivity contribution is 9.10. The summed E-state index contributed by atoms with van der Waals surface area (Å²) in [5.74, 6) is 1.91. The number of furan rings is 1. The van der Waals surface area contributed by atoms with E-state index >= 15 is 0 Å². The van der Waals surface area contributed by atoms with E-state index in [2.05, 4.69) is 47.2 Å². The smallest absolute Gasteiger partial charge is 0.134 e. The van der Waals surface area contributed by atoms with Crippen molar-refractivity contribution in [2.45, 2.75) is 38.8 Å². The molecule has 1 N–H and O–H groups in total. The number of benzene rings is 1. The molecule has 1 aromatic heterocycles. The van der Waals surface area contributed by atoms with Crippen molar-refractivity contribution in [1.82, 2.24) is 5.32 Å². The zero-order valence-corrected chi connectivity index (χ0v) is 12.3. The molecule has 18 heavy (non-hydrogen) atoms. The van der Waals surface area contributed by atoms with Gasteiger partial charge in [-0.3, -0.25) is 0 Å². The zero-order chi connectivity index (χ0) is 12.7. The molecule has 0 amide bonds. The highest BCUT2D eigenvalue weighted by Crippen LogP contribution is 2.31. The van der Waals surface area contributed by atoms with Crippen LogP contribution in [0.1, 0.15) is 38.5 Å². The SMILES string of the molecule is CC1CC(NC(C)c2cc3cc(Br)ccc3o2)C1. The van der Waals surface area contributed by atoms with Crippen LogP contribution in [0.25, 0.3) is 11.0 Å². The molecule has 3 heteroatoms. The van der Waals surface area contributed by atoms with Gasteiger partial charge in [-0.2, -0.15) is 0 Å². The van der Waals surface area contributed by atoms with Gasteiger partial charge in [-0.25, -0.2) is 0 Å². The second-order valence-corrected chi connectivity index (χ2v) is 6.41. The number of fused-ring (bicyclic) bond motifs is 1. The minimum atomic E-state index is 0.286. The van der Waals surface area contributed by atoms with Crippen LogP contribution in [0.2, 0.25) is 0 Å². The van der Waals surface area contributed by atoms with Crippen LogP contribution in [0.3, 0.4) is 0 Å². The molecule has 1 aliphatic carbocycles. The largest absolute Gasteiger partial charge is 0.459 e. The molecule has 2 nitrogen and oxygen atoms in total. The van der Waals surface area contributed by atoms with Crippen LogP contribution in [-0.2, 0) is 0 Å². The Morgan fingerprint density at radius 2 is 2.11 bits per heavy atom. The molecular formula is C15H18BrNO. The van der Waals surface area contributed by atoms with Crippen molar-refractivity contribution in [3.63, 3.8) is 0 Å². The van der Waals surface area contributed by atoms with E-state index < -0.39 is 0 Å². The quantitative estimate of drug-likeness (QED) is 0.893. The molecule has 0 radical (unpaired) electrons. The maximum Gasteiger partial charge on any atom is 0.134 e. The normalized spacial score (nSPS) is 25.1. The lowest BCUT2D eigenvalue weighted by atomic mass is 9.81. The number of nitrogens with one attached hydrogen (secondary N) is 1. The summed E-state index contributed by atoms with van der Waals surface area (Å²) >= 11 is 3.49. The second kappa shape index (κ2) is 4.71. The van der Waals surface area contributed by atoms with Crippen LogP contribution >= 0.6 is 15.9 Å². The molecule has 1 heterocycles. The maximum atomic E-state index is 5.90. The summed E-state index contributed by atoms with van der Waals surface area (Å²) in [6, 6.07) is 9.21. The Labute approximate surface area is 116 Å². The van der Waals surface area contributed by atoms with E-state index in [-0.39, 0.29) is 6.04 Å². The summed E-state index contributed by atoms with van der Waals surface area (Å²) in [6.07, 6.45) is 2.58. The van der Waals surface area contributed by atoms with Crippen molar-refractivity contribution in [2.24, 2.45) is 5.92 Å². The van der Waals surface area contributed by atoms with Crippen molar-refractivity contribution in [2.75, 3.05) is 0 Å². The first-order valence-corrected chi connectivity index (χ1v) is 7.36. The third-order valence-electron chi connectivity index (χ3n) is 3.78. The molecular weight excluding hydrogens is 290 g/mol. The van der Waals surface area contributed by atoms with Gasteiger partial charge >= 0.3 is 0 Å². The van der Waals surface area contributed by atoms with Crippen LogP contribution in [0.4, 0.5) is 0 Å². The molecule has 0 spiro atoms. The monoisotopic (exact) mass is 307 g/mol. The molecule has 1 fully saturated rings. The first-order chi connectivity index (χ1) is 8.61. The third-order valence-corrected chi connectivity index (χ3v) is 4.28. The van der Waals surface area contributed by atoms with Gasteiger partial charge in [0.15, 0.2) is 0 Å². The van der Waals surface area contributed by atoms with Crippen molar-refractivity contribution in [3.05, 3.63) is 34.5 Å². The van der Waals surface area contributed by atoms with E-state index in [0.717, 1.165) is 27.1 Å². The minimum absolute atomic E-state index is 0.286. The molecule has 1 unspecified atom stereocenters. The van der Waals surface area contributed by atoms with E-state index in [0.29, 0.717) is 6.04 Å². The lowest BCUT2D eigenvalue weighted by molar-refractivity contribution is 0.219. The van der Waals surface area contributed by atoms with E-state index in [1.54, 1.807) is 0 Å². The van der Waals surface area contributed by atoms with Crippen molar-refractivity contribution >= 4 is 26.9 Å². The summed E-state index contributed by atoms with van der Waals surface area (Å²) in [5, 5.41) is 4.80. The number of halogens is 1. The molecule has 2 aromatic rings. The second-order valence-electron chi connectivity index (χ2n) is 5.49. The maximum absolute atomic E-state index is 5.90. The Hall–Kier alpha value is -0.800. The summed E-state index contributed by atoms with van der Waals surface area (Å²) in [6.45, 7) is 4.48. The third kappa shape index (κ3) is 2.34. The highest BCUT2D eigenvalue weighted by Gasteiger charge is 2.27. The summed E-state index contributed by atoms with van der Waals surface area (Å²) < 4.78 is 6.99. The van der Waals surface area contributed by atoms with Crippen LogP contribution in [0, 0.1) is 5.92 Å².